The van der Waals surface area contributed by atoms with Crippen LogP contribution in [-0.4, -0.2) is 4.83 Å². The molecule has 2 aromatic rings. The van der Waals surface area contributed by atoms with Gasteiger partial charge in [-0.05, 0) is 37.0 Å². The highest BCUT2D eigenvalue weighted by Gasteiger charge is 2.22. The molecule has 0 amide bonds. The van der Waals surface area contributed by atoms with Crippen molar-refractivity contribution in [1.82, 2.24) is 0 Å². The van der Waals surface area contributed by atoms with Crippen molar-refractivity contribution in [2.24, 2.45) is 0 Å². The van der Waals surface area contributed by atoms with Crippen LogP contribution >= 0.6 is 15.9 Å². The molecule has 0 radical (unpaired) electrons. The van der Waals surface area contributed by atoms with Gasteiger partial charge < -0.3 is 0 Å². The summed E-state index contributed by atoms with van der Waals surface area (Å²) in [5.74, 6) is 0.422. The molecule has 0 saturated carbocycles. The molecule has 0 aliphatic rings. The second kappa shape index (κ2) is 6.38. The molecule has 0 aliphatic heterocycles. The van der Waals surface area contributed by atoms with E-state index in [9.17, 15) is 0 Å². The molecule has 19 heavy (non-hydrogen) atoms. The van der Waals surface area contributed by atoms with Gasteiger partial charge in [0.15, 0.2) is 0 Å². The van der Waals surface area contributed by atoms with Crippen LogP contribution in [0.1, 0.15) is 41.5 Å². The Kier molecular flexibility index (Phi) is 4.81. The summed E-state index contributed by atoms with van der Waals surface area (Å²) >= 11 is 3.88. The smallest absolute Gasteiger partial charge is 0.0252 e. The zero-order valence-electron chi connectivity index (χ0n) is 11.9. The molecule has 1 heteroatoms. The number of rotatable bonds is 4. The molecular weight excluding hydrogens is 296 g/mol. The average Bonchev–Trinajstić information content (AvgIpc) is 2.44. The van der Waals surface area contributed by atoms with Gasteiger partial charge >= 0.3 is 0 Å². The van der Waals surface area contributed by atoms with Crippen molar-refractivity contribution in [2.75, 3.05) is 0 Å². The fourth-order valence-electron chi connectivity index (χ4n) is 2.57. The molecular formula is C18H21Br. The largest absolute Gasteiger partial charge is 0.0880 e. The van der Waals surface area contributed by atoms with Gasteiger partial charge in [0.25, 0.3) is 0 Å². The number of halogens is 1. The first-order valence-electron chi connectivity index (χ1n) is 6.89. The third-order valence-corrected chi connectivity index (χ3v) is 4.86. The summed E-state index contributed by atoms with van der Waals surface area (Å²) in [6.45, 7) is 6.61. The third kappa shape index (κ3) is 3.27. The Labute approximate surface area is 125 Å². The zero-order valence-corrected chi connectivity index (χ0v) is 13.4. The first-order chi connectivity index (χ1) is 9.13. The summed E-state index contributed by atoms with van der Waals surface area (Å²) < 4.78 is 0. The summed E-state index contributed by atoms with van der Waals surface area (Å²) in [5.41, 5.74) is 5.53. The molecule has 2 aromatic carbocycles. The lowest BCUT2D eigenvalue weighted by atomic mass is 9.84. The molecule has 0 aliphatic carbocycles. The number of hydrogen-bond donors (Lipinski definition) is 0. The maximum atomic E-state index is 3.88. The van der Waals surface area contributed by atoms with Gasteiger partial charge in [-0.1, -0.05) is 76.9 Å². The SMILES string of the molecule is CCC(Br)C(c1ccccc1)c1cc(C)ccc1C. The molecule has 0 saturated heterocycles. The second-order valence-electron chi connectivity index (χ2n) is 5.17. The van der Waals surface area contributed by atoms with Gasteiger partial charge in [0, 0.05) is 10.7 Å². The lowest BCUT2D eigenvalue weighted by Crippen LogP contribution is -2.14. The predicted molar refractivity (Wildman–Crippen MR) is 87.2 cm³/mol. The van der Waals surface area contributed by atoms with Crippen LogP contribution in [0.2, 0.25) is 0 Å². The Bertz CT molecular complexity index is 531. The van der Waals surface area contributed by atoms with Gasteiger partial charge in [0.2, 0.25) is 0 Å². The fourth-order valence-corrected chi connectivity index (χ4v) is 3.16. The molecule has 0 N–H and O–H groups in total. The summed E-state index contributed by atoms with van der Waals surface area (Å²) in [4.78, 5) is 0.468. The monoisotopic (exact) mass is 316 g/mol. The second-order valence-corrected chi connectivity index (χ2v) is 6.35. The molecule has 0 bridgehead atoms. The molecule has 0 aromatic heterocycles. The normalized spacial score (nSPS) is 14.1. The van der Waals surface area contributed by atoms with E-state index >= 15 is 0 Å². The molecule has 0 spiro atoms. The summed E-state index contributed by atoms with van der Waals surface area (Å²) in [6, 6.07) is 17.6. The van der Waals surface area contributed by atoms with Crippen molar-refractivity contribution >= 4 is 15.9 Å². The van der Waals surface area contributed by atoms with Crippen LogP contribution in [0, 0.1) is 13.8 Å². The third-order valence-electron chi connectivity index (χ3n) is 3.68. The zero-order chi connectivity index (χ0) is 13.8. The van der Waals surface area contributed by atoms with Crippen LogP contribution in [0.15, 0.2) is 48.5 Å². The topological polar surface area (TPSA) is 0 Å². The maximum absolute atomic E-state index is 3.88. The first kappa shape index (κ1) is 14.3. The van der Waals surface area contributed by atoms with E-state index in [2.05, 4.69) is 85.2 Å². The number of benzene rings is 2. The Morgan fingerprint density at radius 1 is 1.00 bits per heavy atom. The van der Waals surface area contributed by atoms with E-state index in [1.165, 1.54) is 22.3 Å². The minimum Gasteiger partial charge on any atom is -0.0880 e. The molecule has 2 atom stereocenters. The Hall–Kier alpha value is -1.08. The van der Waals surface area contributed by atoms with Crippen molar-refractivity contribution in [3.05, 3.63) is 70.8 Å². The highest BCUT2D eigenvalue weighted by atomic mass is 79.9. The van der Waals surface area contributed by atoms with Crippen LogP contribution < -0.4 is 0 Å². The molecule has 2 unspecified atom stereocenters. The van der Waals surface area contributed by atoms with E-state index < -0.39 is 0 Å². The molecule has 0 nitrogen and oxygen atoms in total. The summed E-state index contributed by atoms with van der Waals surface area (Å²) in [5, 5.41) is 0. The van der Waals surface area contributed by atoms with Gasteiger partial charge in [-0.2, -0.15) is 0 Å². The van der Waals surface area contributed by atoms with E-state index in [1.807, 2.05) is 0 Å². The predicted octanol–water partition coefficient (Wildman–Crippen LogP) is 5.61. The van der Waals surface area contributed by atoms with Crippen LogP contribution in [0.5, 0.6) is 0 Å². The van der Waals surface area contributed by atoms with E-state index in [-0.39, 0.29) is 0 Å². The van der Waals surface area contributed by atoms with Gasteiger partial charge in [-0.3, -0.25) is 0 Å². The van der Waals surface area contributed by atoms with E-state index in [0.29, 0.717) is 10.7 Å². The molecule has 2 rings (SSSR count). The quantitative estimate of drug-likeness (QED) is 0.643. The van der Waals surface area contributed by atoms with Crippen LogP contribution in [0.25, 0.3) is 0 Å². The summed E-state index contributed by atoms with van der Waals surface area (Å²) in [6.07, 6.45) is 1.12. The molecule has 0 heterocycles. The number of aryl methyl sites for hydroxylation is 2. The van der Waals surface area contributed by atoms with Crippen molar-refractivity contribution in [2.45, 2.75) is 37.9 Å². The lowest BCUT2D eigenvalue weighted by molar-refractivity contribution is 0.724. The minimum atomic E-state index is 0.422. The standard InChI is InChI=1S/C18H21Br/c1-4-17(19)18(15-8-6-5-7-9-15)16-12-13(2)10-11-14(16)3/h5-12,17-18H,4H2,1-3H3. The fraction of sp³-hybridized carbons (Fsp3) is 0.333. The Morgan fingerprint density at radius 3 is 2.32 bits per heavy atom. The summed E-state index contributed by atoms with van der Waals surface area (Å²) in [7, 11) is 0. The molecule has 0 fully saturated rings. The minimum absolute atomic E-state index is 0.422. The molecule has 100 valence electrons. The highest BCUT2D eigenvalue weighted by molar-refractivity contribution is 9.09. The van der Waals surface area contributed by atoms with Gasteiger partial charge in [-0.15, -0.1) is 0 Å². The van der Waals surface area contributed by atoms with Gasteiger partial charge in [-0.25, -0.2) is 0 Å². The van der Waals surface area contributed by atoms with Crippen LogP contribution in [0.4, 0.5) is 0 Å². The van der Waals surface area contributed by atoms with Crippen molar-refractivity contribution in [3.8, 4) is 0 Å². The van der Waals surface area contributed by atoms with Gasteiger partial charge in [0.1, 0.15) is 0 Å². The van der Waals surface area contributed by atoms with E-state index in [0.717, 1.165) is 6.42 Å². The van der Waals surface area contributed by atoms with E-state index in [1.54, 1.807) is 0 Å². The average molecular weight is 317 g/mol. The number of hydrogen-bond acceptors (Lipinski definition) is 0. The van der Waals surface area contributed by atoms with Crippen LogP contribution in [-0.2, 0) is 0 Å². The maximum Gasteiger partial charge on any atom is 0.0252 e. The Morgan fingerprint density at radius 2 is 1.68 bits per heavy atom. The van der Waals surface area contributed by atoms with Crippen LogP contribution in [0.3, 0.4) is 0 Å². The van der Waals surface area contributed by atoms with Crippen molar-refractivity contribution < 1.29 is 0 Å². The number of alkyl halides is 1. The van der Waals surface area contributed by atoms with Crippen molar-refractivity contribution in [1.29, 1.82) is 0 Å². The highest BCUT2D eigenvalue weighted by Crippen LogP contribution is 2.35. The first-order valence-corrected chi connectivity index (χ1v) is 7.81. The van der Waals surface area contributed by atoms with E-state index in [4.69, 9.17) is 0 Å². The van der Waals surface area contributed by atoms with Gasteiger partial charge in [0.05, 0.1) is 0 Å². The lowest BCUT2D eigenvalue weighted by Gasteiger charge is -2.25. The Balaban J connectivity index is 2.52. The van der Waals surface area contributed by atoms with Crippen molar-refractivity contribution in [3.63, 3.8) is 0 Å².